The molecule has 1 rings (SSSR count). The number of methoxy groups -OCH3 is 1. The number of hydrogen-bond donors (Lipinski definition) is 2. The van der Waals surface area contributed by atoms with Gasteiger partial charge in [0, 0.05) is 17.7 Å². The normalized spacial score (nSPS) is 11.9. The lowest BCUT2D eigenvalue weighted by atomic mass is 10.1. The highest BCUT2D eigenvalue weighted by molar-refractivity contribution is 5.97. The van der Waals surface area contributed by atoms with Crippen molar-refractivity contribution in [3.8, 4) is 5.75 Å². The van der Waals surface area contributed by atoms with Gasteiger partial charge in [0.25, 0.3) is 0 Å². The van der Waals surface area contributed by atoms with Crippen molar-refractivity contribution >= 4 is 5.84 Å². The summed E-state index contributed by atoms with van der Waals surface area (Å²) < 4.78 is 5.37. The van der Waals surface area contributed by atoms with Crippen molar-refractivity contribution in [2.24, 2.45) is 10.9 Å². The highest BCUT2D eigenvalue weighted by atomic mass is 16.5. The SMILES string of the molecule is CCCN(CC)Cc1cc(/C(N)=N/O)ccc1OC. The number of nitrogens with zero attached hydrogens (tertiary/aromatic N) is 2. The van der Waals surface area contributed by atoms with E-state index in [0.29, 0.717) is 5.56 Å². The summed E-state index contributed by atoms with van der Waals surface area (Å²) in [5.74, 6) is 0.937. The fourth-order valence-corrected chi connectivity index (χ4v) is 2.03. The molecular formula is C14H23N3O2. The van der Waals surface area contributed by atoms with Gasteiger partial charge in [0.1, 0.15) is 5.75 Å². The smallest absolute Gasteiger partial charge is 0.170 e. The van der Waals surface area contributed by atoms with Gasteiger partial charge in [-0.25, -0.2) is 0 Å². The summed E-state index contributed by atoms with van der Waals surface area (Å²) in [6, 6.07) is 5.54. The first-order chi connectivity index (χ1) is 9.15. The van der Waals surface area contributed by atoms with Crippen molar-refractivity contribution in [3.05, 3.63) is 29.3 Å². The molecule has 0 radical (unpaired) electrons. The molecule has 0 saturated heterocycles. The van der Waals surface area contributed by atoms with Gasteiger partial charge < -0.3 is 15.7 Å². The summed E-state index contributed by atoms with van der Waals surface area (Å²) in [5.41, 5.74) is 7.37. The van der Waals surface area contributed by atoms with Crippen LogP contribution < -0.4 is 10.5 Å². The number of amidine groups is 1. The average Bonchev–Trinajstić information content (AvgIpc) is 2.45. The fraction of sp³-hybridized carbons (Fsp3) is 0.500. The molecule has 19 heavy (non-hydrogen) atoms. The zero-order valence-electron chi connectivity index (χ0n) is 11.9. The van der Waals surface area contributed by atoms with E-state index in [2.05, 4.69) is 23.9 Å². The Morgan fingerprint density at radius 3 is 2.68 bits per heavy atom. The second-order valence-corrected chi connectivity index (χ2v) is 4.38. The van der Waals surface area contributed by atoms with Gasteiger partial charge in [0.15, 0.2) is 5.84 Å². The maximum atomic E-state index is 8.74. The number of rotatable bonds is 7. The molecule has 1 aromatic rings. The van der Waals surface area contributed by atoms with Crippen LogP contribution in [0, 0.1) is 0 Å². The Morgan fingerprint density at radius 2 is 2.16 bits per heavy atom. The Hall–Kier alpha value is -1.75. The molecule has 5 heteroatoms. The van der Waals surface area contributed by atoms with E-state index in [0.717, 1.165) is 37.4 Å². The Kier molecular flexibility index (Phi) is 6.15. The van der Waals surface area contributed by atoms with Crippen LogP contribution in [-0.2, 0) is 6.54 Å². The minimum Gasteiger partial charge on any atom is -0.496 e. The summed E-state index contributed by atoms with van der Waals surface area (Å²) in [6.45, 7) is 7.10. The molecule has 0 unspecified atom stereocenters. The van der Waals surface area contributed by atoms with Gasteiger partial charge in [-0.3, -0.25) is 4.90 Å². The molecule has 106 valence electrons. The van der Waals surface area contributed by atoms with E-state index >= 15 is 0 Å². The summed E-state index contributed by atoms with van der Waals surface area (Å²) in [5, 5.41) is 11.8. The number of hydrogen-bond acceptors (Lipinski definition) is 4. The molecule has 0 fully saturated rings. The first-order valence-electron chi connectivity index (χ1n) is 6.53. The standard InChI is InChI=1S/C14H23N3O2/c1-4-8-17(5-2)10-12-9-11(14(15)16-18)6-7-13(12)19-3/h6-7,9,18H,4-5,8,10H2,1-3H3,(H2,15,16). The maximum absolute atomic E-state index is 8.74. The van der Waals surface area contributed by atoms with Crippen LogP contribution in [0.1, 0.15) is 31.4 Å². The first-order valence-corrected chi connectivity index (χ1v) is 6.53. The lowest BCUT2D eigenvalue weighted by Crippen LogP contribution is -2.24. The van der Waals surface area contributed by atoms with E-state index in [-0.39, 0.29) is 5.84 Å². The Morgan fingerprint density at radius 1 is 1.42 bits per heavy atom. The number of ether oxygens (including phenoxy) is 1. The molecular weight excluding hydrogens is 242 g/mol. The Bertz CT molecular complexity index is 433. The van der Waals surface area contributed by atoms with Crippen molar-refractivity contribution in [2.45, 2.75) is 26.8 Å². The quantitative estimate of drug-likeness (QED) is 0.342. The fourth-order valence-electron chi connectivity index (χ4n) is 2.03. The minimum atomic E-state index is 0.113. The van der Waals surface area contributed by atoms with Crippen molar-refractivity contribution in [3.63, 3.8) is 0 Å². The molecule has 3 N–H and O–H groups in total. The number of oxime groups is 1. The lowest BCUT2D eigenvalue weighted by molar-refractivity contribution is 0.275. The van der Waals surface area contributed by atoms with E-state index in [9.17, 15) is 0 Å². The molecule has 0 bridgehead atoms. The predicted octanol–water partition coefficient (Wildman–Crippen LogP) is 2.02. The highest BCUT2D eigenvalue weighted by Gasteiger charge is 2.10. The predicted molar refractivity (Wildman–Crippen MR) is 76.7 cm³/mol. The average molecular weight is 265 g/mol. The minimum absolute atomic E-state index is 0.113. The van der Waals surface area contributed by atoms with Crippen LogP contribution in [0.4, 0.5) is 0 Å². The van der Waals surface area contributed by atoms with Crippen LogP contribution in [-0.4, -0.2) is 36.1 Å². The zero-order chi connectivity index (χ0) is 14.3. The molecule has 0 aliphatic heterocycles. The van der Waals surface area contributed by atoms with Crippen LogP contribution in [0.5, 0.6) is 5.75 Å². The molecule has 0 aliphatic carbocycles. The van der Waals surface area contributed by atoms with Crippen LogP contribution in [0.15, 0.2) is 23.4 Å². The zero-order valence-corrected chi connectivity index (χ0v) is 11.9. The molecule has 0 spiro atoms. The van der Waals surface area contributed by atoms with Gasteiger partial charge in [0.2, 0.25) is 0 Å². The van der Waals surface area contributed by atoms with Crippen LogP contribution in [0.3, 0.4) is 0 Å². The van der Waals surface area contributed by atoms with E-state index < -0.39 is 0 Å². The highest BCUT2D eigenvalue weighted by Crippen LogP contribution is 2.21. The molecule has 0 saturated carbocycles. The van der Waals surface area contributed by atoms with Crippen LogP contribution in [0.2, 0.25) is 0 Å². The number of benzene rings is 1. The topological polar surface area (TPSA) is 71.1 Å². The Balaban J connectivity index is 3.01. The van der Waals surface area contributed by atoms with Crippen LogP contribution in [0.25, 0.3) is 0 Å². The van der Waals surface area contributed by atoms with Gasteiger partial charge in [0.05, 0.1) is 7.11 Å². The van der Waals surface area contributed by atoms with Gasteiger partial charge in [-0.2, -0.15) is 0 Å². The summed E-state index contributed by atoms with van der Waals surface area (Å²) >= 11 is 0. The second kappa shape index (κ2) is 7.63. The van der Waals surface area contributed by atoms with E-state index in [1.807, 2.05) is 12.1 Å². The van der Waals surface area contributed by atoms with Crippen molar-refractivity contribution in [2.75, 3.05) is 20.2 Å². The molecule has 0 aliphatic rings. The summed E-state index contributed by atoms with van der Waals surface area (Å²) in [6.07, 6.45) is 1.11. The van der Waals surface area contributed by atoms with Gasteiger partial charge >= 0.3 is 0 Å². The van der Waals surface area contributed by atoms with E-state index in [1.165, 1.54) is 0 Å². The second-order valence-electron chi connectivity index (χ2n) is 4.38. The maximum Gasteiger partial charge on any atom is 0.170 e. The molecule has 5 nitrogen and oxygen atoms in total. The monoisotopic (exact) mass is 265 g/mol. The molecule has 0 amide bonds. The van der Waals surface area contributed by atoms with E-state index in [4.69, 9.17) is 15.7 Å². The Labute approximate surface area is 114 Å². The van der Waals surface area contributed by atoms with Crippen molar-refractivity contribution in [1.82, 2.24) is 4.90 Å². The van der Waals surface area contributed by atoms with Gasteiger partial charge in [-0.1, -0.05) is 19.0 Å². The molecule has 0 atom stereocenters. The third-order valence-corrected chi connectivity index (χ3v) is 3.06. The summed E-state index contributed by atoms with van der Waals surface area (Å²) in [7, 11) is 1.65. The third kappa shape index (κ3) is 4.13. The van der Waals surface area contributed by atoms with Gasteiger partial charge in [-0.05, 0) is 37.7 Å². The van der Waals surface area contributed by atoms with E-state index in [1.54, 1.807) is 13.2 Å². The largest absolute Gasteiger partial charge is 0.496 e. The van der Waals surface area contributed by atoms with Crippen molar-refractivity contribution in [1.29, 1.82) is 0 Å². The van der Waals surface area contributed by atoms with Crippen molar-refractivity contribution < 1.29 is 9.94 Å². The van der Waals surface area contributed by atoms with Gasteiger partial charge in [-0.15, -0.1) is 0 Å². The molecule has 0 aromatic heterocycles. The number of nitrogens with two attached hydrogens (primary N) is 1. The lowest BCUT2D eigenvalue weighted by Gasteiger charge is -2.21. The molecule has 1 aromatic carbocycles. The first kappa shape index (κ1) is 15.3. The third-order valence-electron chi connectivity index (χ3n) is 3.06. The molecule has 0 heterocycles. The van der Waals surface area contributed by atoms with Crippen LogP contribution >= 0.6 is 0 Å². The summed E-state index contributed by atoms with van der Waals surface area (Å²) in [4.78, 5) is 2.33.